The number of amides is 1. The molecule has 35 heavy (non-hydrogen) atoms. The molecule has 1 fully saturated rings. The van der Waals surface area contributed by atoms with E-state index < -0.39 is 0 Å². The SMILES string of the molecule is CCN(CC)CCNC(=O)COc1ccc(-c2ccc3c(c2)OCO3)cc1CN1CCCC(C)C1. The van der Waals surface area contributed by atoms with Crippen LogP contribution in [0.25, 0.3) is 11.1 Å². The molecule has 190 valence electrons. The van der Waals surface area contributed by atoms with E-state index in [1.807, 2.05) is 24.3 Å². The lowest BCUT2D eigenvalue weighted by Crippen LogP contribution is -2.37. The Balaban J connectivity index is 1.45. The molecule has 0 saturated carbocycles. The standard InChI is InChI=1S/C28H39N3O4/c1-4-30(5-2)14-12-29-28(32)19-33-25-10-8-22(23-9-11-26-27(16-23)35-20-34-26)15-24(25)18-31-13-6-7-21(3)17-31/h8-11,15-16,21H,4-7,12-14,17-20H2,1-3H3,(H,29,32). The third-order valence-electron chi connectivity index (χ3n) is 6.90. The molecular weight excluding hydrogens is 442 g/mol. The number of carbonyl (C=O) groups is 1. The molecule has 0 aromatic heterocycles. The van der Waals surface area contributed by atoms with Gasteiger partial charge in [-0.05, 0) is 73.8 Å². The van der Waals surface area contributed by atoms with Gasteiger partial charge in [-0.15, -0.1) is 0 Å². The third kappa shape index (κ3) is 6.89. The number of likely N-dealkylation sites (N-methyl/N-ethyl adjacent to an activating group) is 1. The van der Waals surface area contributed by atoms with Crippen LogP contribution in [0.5, 0.6) is 17.2 Å². The molecule has 2 aliphatic heterocycles. The van der Waals surface area contributed by atoms with Gasteiger partial charge in [0.1, 0.15) is 5.75 Å². The van der Waals surface area contributed by atoms with Crippen molar-refractivity contribution in [1.29, 1.82) is 0 Å². The van der Waals surface area contributed by atoms with Crippen molar-refractivity contribution in [2.45, 2.75) is 40.2 Å². The fourth-order valence-electron chi connectivity index (χ4n) is 4.86. The molecule has 7 nitrogen and oxygen atoms in total. The molecule has 2 heterocycles. The molecule has 2 aromatic carbocycles. The number of piperidine rings is 1. The van der Waals surface area contributed by atoms with Crippen molar-refractivity contribution in [2.24, 2.45) is 5.92 Å². The van der Waals surface area contributed by atoms with Gasteiger partial charge in [0.25, 0.3) is 5.91 Å². The molecule has 4 rings (SSSR count). The first-order chi connectivity index (χ1) is 17.1. The van der Waals surface area contributed by atoms with Crippen LogP contribution in [0.1, 0.15) is 39.2 Å². The van der Waals surface area contributed by atoms with Gasteiger partial charge in [0.05, 0.1) is 0 Å². The topological polar surface area (TPSA) is 63.3 Å². The van der Waals surface area contributed by atoms with Crippen LogP contribution < -0.4 is 19.5 Å². The molecule has 1 atom stereocenters. The van der Waals surface area contributed by atoms with E-state index >= 15 is 0 Å². The maximum Gasteiger partial charge on any atom is 0.257 e. The van der Waals surface area contributed by atoms with Crippen molar-refractivity contribution in [1.82, 2.24) is 15.1 Å². The third-order valence-corrected chi connectivity index (χ3v) is 6.90. The summed E-state index contributed by atoms with van der Waals surface area (Å²) in [6.45, 7) is 13.3. The van der Waals surface area contributed by atoms with Crippen LogP contribution in [-0.2, 0) is 11.3 Å². The molecule has 7 heteroatoms. The van der Waals surface area contributed by atoms with E-state index in [1.165, 1.54) is 12.8 Å². The Bertz CT molecular complexity index is 992. The van der Waals surface area contributed by atoms with Gasteiger partial charge < -0.3 is 24.4 Å². The van der Waals surface area contributed by atoms with Crippen molar-refractivity contribution in [3.05, 3.63) is 42.0 Å². The van der Waals surface area contributed by atoms with Crippen LogP contribution in [0.3, 0.4) is 0 Å². The second-order valence-electron chi connectivity index (χ2n) is 9.54. The molecule has 0 aliphatic carbocycles. The quantitative estimate of drug-likeness (QED) is 0.520. The summed E-state index contributed by atoms with van der Waals surface area (Å²) in [5.74, 6) is 2.93. The highest BCUT2D eigenvalue weighted by atomic mass is 16.7. The van der Waals surface area contributed by atoms with Gasteiger partial charge in [0.15, 0.2) is 18.1 Å². The second-order valence-corrected chi connectivity index (χ2v) is 9.54. The summed E-state index contributed by atoms with van der Waals surface area (Å²) in [6, 6.07) is 12.3. The van der Waals surface area contributed by atoms with Gasteiger partial charge in [0.2, 0.25) is 6.79 Å². The van der Waals surface area contributed by atoms with E-state index in [9.17, 15) is 4.79 Å². The predicted molar refractivity (Wildman–Crippen MR) is 138 cm³/mol. The summed E-state index contributed by atoms with van der Waals surface area (Å²) in [4.78, 5) is 17.2. The van der Waals surface area contributed by atoms with Crippen molar-refractivity contribution < 1.29 is 19.0 Å². The smallest absolute Gasteiger partial charge is 0.257 e. The first kappa shape index (κ1) is 25.3. The van der Waals surface area contributed by atoms with Gasteiger partial charge in [-0.2, -0.15) is 0 Å². The lowest BCUT2D eigenvalue weighted by Gasteiger charge is -2.31. The average Bonchev–Trinajstić information content (AvgIpc) is 3.34. The number of carbonyl (C=O) groups excluding carboxylic acids is 1. The number of nitrogens with one attached hydrogen (secondary N) is 1. The van der Waals surface area contributed by atoms with E-state index in [4.69, 9.17) is 14.2 Å². The normalized spacial score (nSPS) is 17.5. The summed E-state index contributed by atoms with van der Waals surface area (Å²) in [7, 11) is 0. The summed E-state index contributed by atoms with van der Waals surface area (Å²) < 4.78 is 17.1. The monoisotopic (exact) mass is 481 g/mol. The highest BCUT2D eigenvalue weighted by Gasteiger charge is 2.20. The number of rotatable bonds is 11. The maximum atomic E-state index is 12.4. The number of hydrogen-bond donors (Lipinski definition) is 1. The fraction of sp³-hybridized carbons (Fsp3) is 0.536. The van der Waals surface area contributed by atoms with Crippen molar-refractivity contribution in [3.63, 3.8) is 0 Å². The van der Waals surface area contributed by atoms with E-state index in [0.29, 0.717) is 12.5 Å². The predicted octanol–water partition coefficient (Wildman–Crippen LogP) is 4.15. The van der Waals surface area contributed by atoms with Gasteiger partial charge in [0, 0.05) is 31.7 Å². The minimum absolute atomic E-state index is 0.0189. The van der Waals surface area contributed by atoms with Gasteiger partial charge in [-0.1, -0.05) is 32.9 Å². The molecule has 0 spiro atoms. The Morgan fingerprint density at radius 3 is 2.69 bits per heavy atom. The second kappa shape index (κ2) is 12.3. The number of likely N-dealkylation sites (tertiary alicyclic amines) is 1. The Kier molecular flexibility index (Phi) is 8.88. The van der Waals surface area contributed by atoms with Crippen molar-refractivity contribution in [2.75, 3.05) is 52.7 Å². The molecule has 1 unspecified atom stereocenters. The average molecular weight is 482 g/mol. The molecule has 2 aromatic rings. The van der Waals surface area contributed by atoms with E-state index in [1.54, 1.807) is 0 Å². The van der Waals surface area contributed by atoms with Crippen LogP contribution in [0.2, 0.25) is 0 Å². The lowest BCUT2D eigenvalue weighted by atomic mass is 9.98. The summed E-state index contributed by atoms with van der Waals surface area (Å²) in [5, 5.41) is 2.98. The zero-order valence-corrected chi connectivity index (χ0v) is 21.3. The number of nitrogens with zero attached hydrogens (tertiary/aromatic N) is 2. The molecule has 1 N–H and O–H groups in total. The molecular formula is C28H39N3O4. The highest BCUT2D eigenvalue weighted by molar-refractivity contribution is 5.77. The van der Waals surface area contributed by atoms with Crippen LogP contribution in [0.4, 0.5) is 0 Å². The van der Waals surface area contributed by atoms with E-state index in [2.05, 4.69) is 48.0 Å². The molecule has 2 aliphatic rings. The molecule has 0 bridgehead atoms. The van der Waals surface area contributed by atoms with Crippen LogP contribution >= 0.6 is 0 Å². The number of hydrogen-bond acceptors (Lipinski definition) is 6. The Hall–Kier alpha value is -2.77. The zero-order valence-electron chi connectivity index (χ0n) is 21.3. The van der Waals surface area contributed by atoms with E-state index in [0.717, 1.165) is 73.2 Å². The van der Waals surface area contributed by atoms with Crippen LogP contribution in [0, 0.1) is 5.92 Å². The zero-order chi connectivity index (χ0) is 24.6. The first-order valence-corrected chi connectivity index (χ1v) is 12.9. The van der Waals surface area contributed by atoms with Gasteiger partial charge >= 0.3 is 0 Å². The van der Waals surface area contributed by atoms with E-state index in [-0.39, 0.29) is 19.3 Å². The fourth-order valence-corrected chi connectivity index (χ4v) is 4.86. The Morgan fingerprint density at radius 1 is 1.11 bits per heavy atom. The minimum atomic E-state index is -0.0884. The summed E-state index contributed by atoms with van der Waals surface area (Å²) >= 11 is 0. The van der Waals surface area contributed by atoms with Gasteiger partial charge in [-0.3, -0.25) is 9.69 Å². The highest BCUT2D eigenvalue weighted by Crippen LogP contribution is 2.37. The van der Waals surface area contributed by atoms with Crippen molar-refractivity contribution >= 4 is 5.91 Å². The van der Waals surface area contributed by atoms with Crippen molar-refractivity contribution in [3.8, 4) is 28.4 Å². The Labute approximate surface area is 209 Å². The molecule has 1 saturated heterocycles. The molecule has 0 radical (unpaired) electrons. The molecule has 1 amide bonds. The number of ether oxygens (including phenoxy) is 3. The number of benzene rings is 2. The largest absolute Gasteiger partial charge is 0.483 e. The number of fused-ring (bicyclic) bond motifs is 1. The summed E-state index contributed by atoms with van der Waals surface area (Å²) in [5.41, 5.74) is 3.27. The lowest BCUT2D eigenvalue weighted by molar-refractivity contribution is -0.123. The van der Waals surface area contributed by atoms with Gasteiger partial charge in [-0.25, -0.2) is 0 Å². The van der Waals surface area contributed by atoms with Crippen LogP contribution in [-0.4, -0.2) is 68.4 Å². The van der Waals surface area contributed by atoms with Crippen LogP contribution in [0.15, 0.2) is 36.4 Å². The maximum absolute atomic E-state index is 12.4. The summed E-state index contributed by atoms with van der Waals surface area (Å²) in [6.07, 6.45) is 2.50. The first-order valence-electron chi connectivity index (χ1n) is 12.9. The minimum Gasteiger partial charge on any atom is -0.483 e. The Morgan fingerprint density at radius 2 is 1.89 bits per heavy atom.